The number of ether oxygens (including phenoxy) is 3. The number of rotatable bonds is 4. The first-order valence-electron chi connectivity index (χ1n) is 10.5. The summed E-state index contributed by atoms with van der Waals surface area (Å²) in [5.41, 5.74) is 0.315. The summed E-state index contributed by atoms with van der Waals surface area (Å²) in [6.07, 6.45) is 5.76. The molecule has 0 radical (unpaired) electrons. The highest BCUT2D eigenvalue weighted by Gasteiger charge is 2.39. The molecule has 29 heavy (non-hydrogen) atoms. The first kappa shape index (κ1) is 19.8. The Morgan fingerprint density at radius 2 is 1.72 bits per heavy atom. The van der Waals surface area contributed by atoms with Crippen molar-refractivity contribution in [1.82, 2.24) is 4.90 Å². The zero-order valence-electron chi connectivity index (χ0n) is 17.0. The number of nitro benzene ring substituents is 1. The van der Waals surface area contributed by atoms with Gasteiger partial charge in [0, 0.05) is 18.0 Å². The summed E-state index contributed by atoms with van der Waals surface area (Å²) in [6, 6.07) is 3.21. The molecule has 1 aromatic carbocycles. The van der Waals surface area contributed by atoms with Crippen LogP contribution in [0.25, 0.3) is 0 Å². The van der Waals surface area contributed by atoms with Gasteiger partial charge in [0.1, 0.15) is 6.10 Å². The minimum Gasteiger partial charge on any atom is -0.454 e. The van der Waals surface area contributed by atoms with Crippen LogP contribution in [-0.4, -0.2) is 34.8 Å². The molecule has 158 valence electrons. The molecule has 3 unspecified atom stereocenters. The van der Waals surface area contributed by atoms with Crippen LogP contribution in [0.2, 0.25) is 0 Å². The van der Waals surface area contributed by atoms with Gasteiger partial charge in [-0.25, -0.2) is 4.79 Å². The van der Waals surface area contributed by atoms with E-state index in [4.69, 9.17) is 14.2 Å². The van der Waals surface area contributed by atoms with Crippen LogP contribution in [0.3, 0.4) is 0 Å². The molecule has 8 nitrogen and oxygen atoms in total. The van der Waals surface area contributed by atoms with Crippen molar-refractivity contribution in [2.75, 3.05) is 6.79 Å². The number of hydrogen-bond donors (Lipinski definition) is 0. The normalized spacial score (nSPS) is 25.1. The Morgan fingerprint density at radius 3 is 2.34 bits per heavy atom. The summed E-state index contributed by atoms with van der Waals surface area (Å²) in [7, 11) is 0. The SMILES string of the molecule is CC1CCCC(C)N1C(=O)OC(c1cc2c(cc1[N+](=O)[O-])OCO2)C1CCCC1. The van der Waals surface area contributed by atoms with Crippen molar-refractivity contribution >= 4 is 11.8 Å². The van der Waals surface area contributed by atoms with Crippen LogP contribution in [0.1, 0.15) is 70.5 Å². The number of carbonyl (C=O) groups is 1. The minimum absolute atomic E-state index is 0.0344. The van der Waals surface area contributed by atoms with Crippen LogP contribution in [-0.2, 0) is 4.74 Å². The van der Waals surface area contributed by atoms with E-state index in [0.717, 1.165) is 44.9 Å². The Bertz CT molecular complexity index is 782. The molecule has 3 aliphatic rings. The second kappa shape index (κ2) is 8.08. The highest BCUT2D eigenvalue weighted by Crippen LogP contribution is 2.46. The number of amides is 1. The molecular weight excluding hydrogens is 376 g/mol. The van der Waals surface area contributed by atoms with Crippen molar-refractivity contribution in [1.29, 1.82) is 0 Å². The van der Waals surface area contributed by atoms with Gasteiger partial charge in [-0.15, -0.1) is 0 Å². The van der Waals surface area contributed by atoms with E-state index in [0.29, 0.717) is 17.1 Å². The maximum absolute atomic E-state index is 13.2. The quantitative estimate of drug-likeness (QED) is 0.521. The molecular formula is C21H28N2O6. The predicted octanol–water partition coefficient (Wildman–Crippen LogP) is 4.95. The van der Waals surface area contributed by atoms with E-state index in [1.807, 2.05) is 13.8 Å². The van der Waals surface area contributed by atoms with Gasteiger partial charge in [-0.1, -0.05) is 12.8 Å². The number of likely N-dealkylation sites (tertiary alicyclic amines) is 1. The van der Waals surface area contributed by atoms with Crippen molar-refractivity contribution in [2.24, 2.45) is 5.92 Å². The van der Waals surface area contributed by atoms with Gasteiger partial charge in [0.25, 0.3) is 5.69 Å². The molecule has 1 amide bonds. The number of benzene rings is 1. The van der Waals surface area contributed by atoms with Crippen LogP contribution >= 0.6 is 0 Å². The molecule has 1 aliphatic carbocycles. The summed E-state index contributed by atoms with van der Waals surface area (Å²) in [5, 5.41) is 11.8. The fraction of sp³-hybridized carbons (Fsp3) is 0.667. The van der Waals surface area contributed by atoms with Crippen molar-refractivity contribution in [3.63, 3.8) is 0 Å². The molecule has 3 atom stereocenters. The topological polar surface area (TPSA) is 91.1 Å². The first-order chi connectivity index (χ1) is 14.0. The number of piperidine rings is 1. The molecule has 1 saturated carbocycles. The zero-order valence-corrected chi connectivity index (χ0v) is 17.0. The van der Waals surface area contributed by atoms with E-state index >= 15 is 0 Å². The second-order valence-corrected chi connectivity index (χ2v) is 8.41. The van der Waals surface area contributed by atoms with Crippen molar-refractivity contribution in [2.45, 2.75) is 77.0 Å². The fourth-order valence-electron chi connectivity index (χ4n) is 4.96. The van der Waals surface area contributed by atoms with Crippen molar-refractivity contribution < 1.29 is 23.9 Å². The summed E-state index contributed by atoms with van der Waals surface area (Å²) in [6.45, 7) is 4.10. The van der Waals surface area contributed by atoms with E-state index < -0.39 is 11.0 Å². The Kier molecular flexibility index (Phi) is 5.52. The molecule has 0 N–H and O–H groups in total. The predicted molar refractivity (Wildman–Crippen MR) is 105 cm³/mol. The molecule has 2 heterocycles. The Morgan fingerprint density at radius 1 is 1.10 bits per heavy atom. The molecule has 0 aromatic heterocycles. The van der Waals surface area contributed by atoms with E-state index in [9.17, 15) is 14.9 Å². The van der Waals surface area contributed by atoms with Gasteiger partial charge < -0.3 is 19.1 Å². The van der Waals surface area contributed by atoms with Crippen LogP contribution < -0.4 is 9.47 Å². The summed E-state index contributed by atoms with van der Waals surface area (Å²) < 4.78 is 16.8. The van der Waals surface area contributed by atoms with Crippen LogP contribution in [0.4, 0.5) is 10.5 Å². The van der Waals surface area contributed by atoms with Gasteiger partial charge in [-0.2, -0.15) is 0 Å². The standard InChI is InChI=1S/C21H28N2O6/c1-13-6-5-7-14(2)22(13)21(24)29-20(15-8-3-4-9-15)16-10-18-19(28-12-27-18)11-17(16)23(25)26/h10-11,13-15,20H,3-9,12H2,1-2H3. The number of carbonyl (C=O) groups excluding carboxylic acids is 1. The lowest BCUT2D eigenvalue weighted by molar-refractivity contribution is -0.386. The van der Waals surface area contributed by atoms with Gasteiger partial charge in [-0.3, -0.25) is 10.1 Å². The maximum Gasteiger partial charge on any atom is 0.410 e. The van der Waals surface area contributed by atoms with Gasteiger partial charge in [0.05, 0.1) is 16.6 Å². The lowest BCUT2D eigenvalue weighted by Gasteiger charge is -2.39. The maximum atomic E-state index is 13.2. The van der Waals surface area contributed by atoms with Gasteiger partial charge in [0.15, 0.2) is 11.5 Å². The Labute approximate surface area is 170 Å². The Balaban J connectivity index is 1.68. The number of nitrogens with zero attached hydrogens (tertiary/aromatic N) is 2. The third-order valence-corrected chi connectivity index (χ3v) is 6.49. The second-order valence-electron chi connectivity index (χ2n) is 8.41. The summed E-state index contributed by atoms with van der Waals surface area (Å²) >= 11 is 0. The fourth-order valence-corrected chi connectivity index (χ4v) is 4.96. The molecule has 2 aliphatic heterocycles. The van der Waals surface area contributed by atoms with Crippen molar-refractivity contribution in [3.05, 3.63) is 27.8 Å². The van der Waals surface area contributed by atoms with Crippen molar-refractivity contribution in [3.8, 4) is 11.5 Å². The molecule has 2 fully saturated rings. The summed E-state index contributed by atoms with van der Waals surface area (Å²) in [4.78, 5) is 26.3. The lowest BCUT2D eigenvalue weighted by Crippen LogP contribution is -2.48. The van der Waals surface area contributed by atoms with Gasteiger partial charge in [0.2, 0.25) is 6.79 Å². The third-order valence-electron chi connectivity index (χ3n) is 6.49. The van der Waals surface area contributed by atoms with Crippen LogP contribution in [0, 0.1) is 16.0 Å². The Hall–Kier alpha value is -2.51. The zero-order chi connectivity index (χ0) is 20.5. The first-order valence-corrected chi connectivity index (χ1v) is 10.5. The van der Waals surface area contributed by atoms with E-state index in [2.05, 4.69) is 0 Å². The molecule has 0 spiro atoms. The minimum atomic E-state index is -0.666. The van der Waals surface area contributed by atoms with E-state index in [1.165, 1.54) is 6.07 Å². The number of hydrogen-bond acceptors (Lipinski definition) is 6. The van der Waals surface area contributed by atoms with E-state index in [1.54, 1.807) is 11.0 Å². The molecule has 0 bridgehead atoms. The van der Waals surface area contributed by atoms with Gasteiger partial charge in [-0.05, 0) is 52.0 Å². The monoisotopic (exact) mass is 404 g/mol. The number of nitro groups is 1. The average Bonchev–Trinajstić information content (AvgIpc) is 3.36. The number of fused-ring (bicyclic) bond motifs is 1. The highest BCUT2D eigenvalue weighted by atomic mass is 16.7. The lowest BCUT2D eigenvalue weighted by atomic mass is 9.92. The summed E-state index contributed by atoms with van der Waals surface area (Å²) in [5.74, 6) is 0.882. The largest absolute Gasteiger partial charge is 0.454 e. The van der Waals surface area contributed by atoms with Crippen LogP contribution in [0.5, 0.6) is 11.5 Å². The smallest absolute Gasteiger partial charge is 0.410 e. The average molecular weight is 404 g/mol. The van der Waals surface area contributed by atoms with Crippen LogP contribution in [0.15, 0.2) is 12.1 Å². The molecule has 1 saturated heterocycles. The molecule has 4 rings (SSSR count). The third kappa shape index (κ3) is 3.84. The molecule has 8 heteroatoms. The highest BCUT2D eigenvalue weighted by molar-refractivity contribution is 5.69. The molecule has 1 aromatic rings. The van der Waals surface area contributed by atoms with Gasteiger partial charge >= 0.3 is 6.09 Å². The van der Waals surface area contributed by atoms with E-state index in [-0.39, 0.29) is 36.6 Å².